The zero-order chi connectivity index (χ0) is 18.6. The van der Waals surface area contributed by atoms with E-state index in [0.717, 1.165) is 12.1 Å². The average molecular weight is 368 g/mol. The molecule has 0 fully saturated rings. The number of anilines is 1. The lowest BCUT2D eigenvalue weighted by atomic mass is 10.2. The molecule has 0 saturated carbocycles. The smallest absolute Gasteiger partial charge is 0.255 e. The van der Waals surface area contributed by atoms with Gasteiger partial charge in [-0.15, -0.1) is 0 Å². The molecular weight excluding hydrogens is 350 g/mol. The molecule has 2 rings (SSSR count). The van der Waals surface area contributed by atoms with Crippen LogP contribution in [0.25, 0.3) is 0 Å². The fraction of sp³-hybridized carbons (Fsp3) is 0.235. The van der Waals surface area contributed by atoms with Gasteiger partial charge in [-0.05, 0) is 36.4 Å². The number of carbonyl (C=O) groups is 1. The number of carbonyl (C=O) groups excluding carboxylic acids is 1. The van der Waals surface area contributed by atoms with Crippen molar-refractivity contribution in [2.45, 2.75) is 18.7 Å². The average Bonchev–Trinajstić information content (AvgIpc) is 2.55. The molecule has 25 heavy (non-hydrogen) atoms. The van der Waals surface area contributed by atoms with Gasteiger partial charge in [0.1, 0.15) is 11.6 Å². The fourth-order valence-electron chi connectivity index (χ4n) is 2.32. The second kappa shape index (κ2) is 7.71. The zero-order valence-electron chi connectivity index (χ0n) is 13.8. The van der Waals surface area contributed by atoms with Crippen molar-refractivity contribution in [2.75, 3.05) is 18.4 Å². The van der Waals surface area contributed by atoms with Crippen molar-refractivity contribution in [3.8, 4) is 0 Å². The molecule has 0 spiro atoms. The molecule has 0 aliphatic carbocycles. The number of amides is 1. The van der Waals surface area contributed by atoms with Gasteiger partial charge < -0.3 is 5.32 Å². The van der Waals surface area contributed by atoms with Gasteiger partial charge in [-0.25, -0.2) is 17.2 Å². The number of halogens is 2. The van der Waals surface area contributed by atoms with Crippen molar-refractivity contribution in [3.05, 3.63) is 59.7 Å². The van der Waals surface area contributed by atoms with Crippen LogP contribution in [0, 0.1) is 11.6 Å². The van der Waals surface area contributed by atoms with Crippen molar-refractivity contribution in [3.63, 3.8) is 0 Å². The molecule has 0 unspecified atom stereocenters. The van der Waals surface area contributed by atoms with Crippen LogP contribution < -0.4 is 5.32 Å². The van der Waals surface area contributed by atoms with Crippen molar-refractivity contribution < 1.29 is 22.0 Å². The van der Waals surface area contributed by atoms with Crippen LogP contribution in [-0.4, -0.2) is 31.7 Å². The monoisotopic (exact) mass is 368 g/mol. The van der Waals surface area contributed by atoms with Gasteiger partial charge in [0, 0.05) is 30.4 Å². The molecule has 1 N–H and O–H groups in total. The summed E-state index contributed by atoms with van der Waals surface area (Å²) in [4.78, 5) is 12.2. The third-order valence-electron chi connectivity index (χ3n) is 3.58. The minimum Gasteiger partial charge on any atom is -0.322 e. The van der Waals surface area contributed by atoms with E-state index < -0.39 is 27.6 Å². The van der Waals surface area contributed by atoms with Gasteiger partial charge in [0.2, 0.25) is 10.0 Å². The third kappa shape index (κ3) is 4.40. The first-order chi connectivity index (χ1) is 11.8. The van der Waals surface area contributed by atoms with Crippen LogP contribution in [0.5, 0.6) is 0 Å². The Labute approximate surface area is 145 Å². The molecule has 0 aromatic heterocycles. The standard InChI is InChI=1S/C17H18F2N2O3S/c1-3-21(4-2)25(23,24)16-7-5-12(6-8-16)17(22)20-15-10-13(18)9-14(19)11-15/h5-11H,3-4H2,1-2H3,(H,20,22). The number of nitrogens with zero attached hydrogens (tertiary/aromatic N) is 1. The SMILES string of the molecule is CCN(CC)S(=O)(=O)c1ccc(C(=O)Nc2cc(F)cc(F)c2)cc1. The van der Waals surface area contributed by atoms with E-state index >= 15 is 0 Å². The highest BCUT2D eigenvalue weighted by Crippen LogP contribution is 2.18. The van der Waals surface area contributed by atoms with Gasteiger partial charge in [-0.2, -0.15) is 4.31 Å². The summed E-state index contributed by atoms with van der Waals surface area (Å²) in [6.07, 6.45) is 0. The first-order valence-corrected chi connectivity index (χ1v) is 9.09. The normalized spacial score (nSPS) is 11.6. The Hall–Kier alpha value is -2.32. The molecule has 2 aromatic carbocycles. The summed E-state index contributed by atoms with van der Waals surface area (Å²) >= 11 is 0. The molecule has 0 radical (unpaired) electrons. The van der Waals surface area contributed by atoms with Crippen LogP contribution >= 0.6 is 0 Å². The maximum atomic E-state index is 13.1. The molecule has 1 amide bonds. The van der Waals surface area contributed by atoms with E-state index in [9.17, 15) is 22.0 Å². The van der Waals surface area contributed by atoms with Crippen LogP contribution in [0.15, 0.2) is 47.4 Å². The molecule has 8 heteroatoms. The number of nitrogens with one attached hydrogen (secondary N) is 1. The first kappa shape index (κ1) is 19.0. The molecule has 0 aliphatic heterocycles. The quantitative estimate of drug-likeness (QED) is 0.851. The molecule has 0 atom stereocenters. The van der Waals surface area contributed by atoms with Crippen LogP contribution in [-0.2, 0) is 10.0 Å². The van der Waals surface area contributed by atoms with Gasteiger partial charge in [0.25, 0.3) is 5.91 Å². The highest BCUT2D eigenvalue weighted by molar-refractivity contribution is 7.89. The summed E-state index contributed by atoms with van der Waals surface area (Å²) in [6.45, 7) is 4.15. The topological polar surface area (TPSA) is 66.5 Å². The summed E-state index contributed by atoms with van der Waals surface area (Å²) in [5.41, 5.74) is 0.144. The van der Waals surface area contributed by atoms with Crippen LogP contribution in [0.2, 0.25) is 0 Å². The highest BCUT2D eigenvalue weighted by atomic mass is 32.2. The maximum absolute atomic E-state index is 13.1. The lowest BCUT2D eigenvalue weighted by Gasteiger charge is -2.18. The van der Waals surface area contributed by atoms with E-state index in [1.54, 1.807) is 13.8 Å². The summed E-state index contributed by atoms with van der Waals surface area (Å²) in [5, 5.41) is 2.36. The molecule has 2 aromatic rings. The summed E-state index contributed by atoms with van der Waals surface area (Å²) in [7, 11) is -3.61. The van der Waals surface area contributed by atoms with E-state index in [2.05, 4.69) is 5.32 Å². The van der Waals surface area contributed by atoms with Gasteiger partial charge in [-0.3, -0.25) is 4.79 Å². The lowest BCUT2D eigenvalue weighted by Crippen LogP contribution is -2.30. The number of benzene rings is 2. The van der Waals surface area contributed by atoms with Gasteiger partial charge >= 0.3 is 0 Å². The summed E-state index contributed by atoms with van der Waals surface area (Å²) < 4.78 is 52.4. The molecule has 0 saturated heterocycles. The molecule has 0 aliphatic rings. The minimum atomic E-state index is -3.61. The zero-order valence-corrected chi connectivity index (χ0v) is 14.6. The van der Waals surface area contributed by atoms with E-state index in [1.165, 1.54) is 28.6 Å². The van der Waals surface area contributed by atoms with Gasteiger partial charge in [-0.1, -0.05) is 13.8 Å². The highest BCUT2D eigenvalue weighted by Gasteiger charge is 2.21. The Kier molecular flexibility index (Phi) is 5.86. The molecule has 5 nitrogen and oxygen atoms in total. The minimum absolute atomic E-state index is 0.0256. The Morgan fingerprint density at radius 2 is 1.52 bits per heavy atom. The van der Waals surface area contributed by atoms with E-state index in [-0.39, 0.29) is 16.1 Å². The van der Waals surface area contributed by atoms with Crippen LogP contribution in [0.4, 0.5) is 14.5 Å². The summed E-state index contributed by atoms with van der Waals surface area (Å²) in [6, 6.07) is 8.02. The maximum Gasteiger partial charge on any atom is 0.255 e. The summed E-state index contributed by atoms with van der Waals surface area (Å²) in [5.74, 6) is -2.22. The Morgan fingerprint density at radius 1 is 1.00 bits per heavy atom. The second-order valence-corrected chi connectivity index (χ2v) is 7.16. The van der Waals surface area contributed by atoms with Crippen molar-refractivity contribution >= 4 is 21.6 Å². The molecule has 134 valence electrons. The Balaban J connectivity index is 2.20. The molecule has 0 heterocycles. The first-order valence-electron chi connectivity index (χ1n) is 7.65. The lowest BCUT2D eigenvalue weighted by molar-refractivity contribution is 0.102. The fourth-order valence-corrected chi connectivity index (χ4v) is 3.78. The number of hydrogen-bond acceptors (Lipinski definition) is 3. The predicted molar refractivity (Wildman–Crippen MR) is 90.9 cm³/mol. The number of hydrogen-bond donors (Lipinski definition) is 1. The predicted octanol–water partition coefficient (Wildman–Crippen LogP) is 3.25. The second-order valence-electron chi connectivity index (χ2n) is 5.23. The molecular formula is C17H18F2N2O3S. The Bertz CT molecular complexity index is 844. The number of rotatable bonds is 6. The molecule has 0 bridgehead atoms. The van der Waals surface area contributed by atoms with Gasteiger partial charge in [0.15, 0.2) is 0 Å². The van der Waals surface area contributed by atoms with Crippen LogP contribution in [0.3, 0.4) is 0 Å². The third-order valence-corrected chi connectivity index (χ3v) is 5.64. The largest absolute Gasteiger partial charge is 0.322 e. The van der Waals surface area contributed by atoms with Gasteiger partial charge in [0.05, 0.1) is 4.90 Å². The van der Waals surface area contributed by atoms with Crippen molar-refractivity contribution in [1.29, 1.82) is 0 Å². The van der Waals surface area contributed by atoms with E-state index in [1.807, 2.05) is 0 Å². The van der Waals surface area contributed by atoms with E-state index in [4.69, 9.17) is 0 Å². The van der Waals surface area contributed by atoms with E-state index in [0.29, 0.717) is 19.2 Å². The van der Waals surface area contributed by atoms with Crippen molar-refractivity contribution in [2.24, 2.45) is 0 Å². The Morgan fingerprint density at radius 3 is 2.00 bits per heavy atom. The van der Waals surface area contributed by atoms with Crippen molar-refractivity contribution in [1.82, 2.24) is 4.31 Å². The number of sulfonamides is 1. The van der Waals surface area contributed by atoms with Crippen LogP contribution in [0.1, 0.15) is 24.2 Å².